The van der Waals surface area contributed by atoms with Gasteiger partial charge in [0.1, 0.15) is 12.6 Å². The van der Waals surface area contributed by atoms with Crippen molar-refractivity contribution in [2.75, 3.05) is 7.05 Å². The molecule has 0 spiro atoms. The lowest BCUT2D eigenvalue weighted by Gasteiger charge is -2.41. The van der Waals surface area contributed by atoms with Crippen LogP contribution < -0.4 is 0 Å². The molecule has 0 radical (unpaired) electrons. The molecule has 0 unspecified atom stereocenters. The van der Waals surface area contributed by atoms with Crippen molar-refractivity contribution in [2.45, 2.75) is 45.3 Å². The molecule has 22 heavy (non-hydrogen) atoms. The molecule has 1 saturated carbocycles. The van der Waals surface area contributed by atoms with E-state index in [0.29, 0.717) is 6.42 Å². The summed E-state index contributed by atoms with van der Waals surface area (Å²) in [5, 5.41) is 9.41. The van der Waals surface area contributed by atoms with E-state index < -0.39 is 18.1 Å². The van der Waals surface area contributed by atoms with E-state index in [9.17, 15) is 14.7 Å². The maximum Gasteiger partial charge on any atom is 0.410 e. The summed E-state index contributed by atoms with van der Waals surface area (Å²) in [7, 11) is 1.49. The van der Waals surface area contributed by atoms with Crippen molar-refractivity contribution < 1.29 is 19.4 Å². The Bertz CT molecular complexity index is 525. The molecule has 1 N–H and O–H groups in total. The maximum absolute atomic E-state index is 12.1. The van der Waals surface area contributed by atoms with E-state index in [0.717, 1.165) is 24.8 Å². The number of rotatable bonds is 6. The minimum atomic E-state index is -0.979. The SMILES string of the molecule is CN(C(=O)OCc1ccccc1)[C@@H](CC1(C)CCC1)C(=O)O. The highest BCUT2D eigenvalue weighted by Crippen LogP contribution is 2.44. The van der Waals surface area contributed by atoms with E-state index in [1.807, 2.05) is 30.3 Å². The largest absolute Gasteiger partial charge is 0.480 e. The van der Waals surface area contributed by atoms with Crippen molar-refractivity contribution in [2.24, 2.45) is 5.41 Å². The Kier molecular flexibility index (Phi) is 5.06. The molecule has 0 heterocycles. The number of nitrogens with zero attached hydrogens (tertiary/aromatic N) is 1. The van der Waals surface area contributed by atoms with Crippen LogP contribution >= 0.6 is 0 Å². The van der Waals surface area contributed by atoms with Gasteiger partial charge in [0.05, 0.1) is 0 Å². The Morgan fingerprint density at radius 3 is 2.45 bits per heavy atom. The van der Waals surface area contributed by atoms with Gasteiger partial charge in [0.2, 0.25) is 0 Å². The highest BCUT2D eigenvalue weighted by molar-refractivity contribution is 5.79. The van der Waals surface area contributed by atoms with E-state index in [4.69, 9.17) is 4.74 Å². The van der Waals surface area contributed by atoms with E-state index in [1.165, 1.54) is 11.9 Å². The Hall–Kier alpha value is -2.04. The number of carbonyl (C=O) groups excluding carboxylic acids is 1. The number of hydrogen-bond acceptors (Lipinski definition) is 3. The van der Waals surface area contributed by atoms with Crippen LogP contribution in [0.5, 0.6) is 0 Å². The van der Waals surface area contributed by atoms with Gasteiger partial charge in [-0.05, 0) is 30.2 Å². The minimum absolute atomic E-state index is 0.0248. The molecule has 0 saturated heterocycles. The third-order valence-corrected chi connectivity index (χ3v) is 4.49. The van der Waals surface area contributed by atoms with Gasteiger partial charge in [-0.15, -0.1) is 0 Å². The average Bonchev–Trinajstić information content (AvgIpc) is 2.48. The zero-order valence-corrected chi connectivity index (χ0v) is 13.1. The van der Waals surface area contributed by atoms with Gasteiger partial charge in [-0.25, -0.2) is 9.59 Å². The Morgan fingerprint density at radius 2 is 1.95 bits per heavy atom. The summed E-state index contributed by atoms with van der Waals surface area (Å²) in [5.41, 5.74) is 0.902. The van der Waals surface area contributed by atoms with Gasteiger partial charge in [-0.1, -0.05) is 43.7 Å². The zero-order chi connectivity index (χ0) is 16.2. The van der Waals surface area contributed by atoms with Crippen LogP contribution in [0.1, 0.15) is 38.2 Å². The van der Waals surface area contributed by atoms with Crippen molar-refractivity contribution >= 4 is 12.1 Å². The third-order valence-electron chi connectivity index (χ3n) is 4.49. The molecule has 1 atom stereocenters. The molecule has 0 aromatic heterocycles. The molecular formula is C17H23NO4. The number of likely N-dealkylation sites (N-methyl/N-ethyl adjacent to an activating group) is 1. The molecular weight excluding hydrogens is 282 g/mol. The fraction of sp³-hybridized carbons (Fsp3) is 0.529. The molecule has 5 heteroatoms. The van der Waals surface area contributed by atoms with Crippen LogP contribution in [0.2, 0.25) is 0 Å². The zero-order valence-electron chi connectivity index (χ0n) is 13.1. The molecule has 0 aliphatic heterocycles. The Balaban J connectivity index is 1.92. The van der Waals surface area contributed by atoms with E-state index in [2.05, 4.69) is 6.92 Å². The van der Waals surface area contributed by atoms with E-state index in [-0.39, 0.29) is 12.0 Å². The smallest absolute Gasteiger partial charge is 0.410 e. The van der Waals surface area contributed by atoms with Crippen LogP contribution in [0.3, 0.4) is 0 Å². The molecule has 1 fully saturated rings. The lowest BCUT2D eigenvalue weighted by atomic mass is 9.67. The van der Waals surface area contributed by atoms with Gasteiger partial charge in [0.25, 0.3) is 0 Å². The van der Waals surface area contributed by atoms with Crippen LogP contribution in [0.25, 0.3) is 0 Å². The van der Waals surface area contributed by atoms with Crippen LogP contribution in [0.15, 0.2) is 30.3 Å². The number of ether oxygens (including phenoxy) is 1. The van der Waals surface area contributed by atoms with Gasteiger partial charge in [-0.2, -0.15) is 0 Å². The second kappa shape index (κ2) is 6.81. The number of benzene rings is 1. The summed E-state index contributed by atoms with van der Waals surface area (Å²) in [4.78, 5) is 24.8. The molecule has 1 aromatic carbocycles. The first-order valence-electron chi connectivity index (χ1n) is 7.58. The van der Waals surface area contributed by atoms with Crippen LogP contribution in [-0.4, -0.2) is 35.2 Å². The van der Waals surface area contributed by atoms with Gasteiger partial charge < -0.3 is 9.84 Å². The predicted molar refractivity (Wildman–Crippen MR) is 82.4 cm³/mol. The van der Waals surface area contributed by atoms with E-state index in [1.54, 1.807) is 0 Å². The van der Waals surface area contributed by atoms with Crippen LogP contribution in [0.4, 0.5) is 4.79 Å². The van der Waals surface area contributed by atoms with Crippen LogP contribution in [0, 0.1) is 5.41 Å². The van der Waals surface area contributed by atoms with Crippen molar-refractivity contribution in [3.63, 3.8) is 0 Å². The molecule has 2 rings (SSSR count). The second-order valence-electron chi connectivity index (χ2n) is 6.37. The first kappa shape index (κ1) is 16.3. The summed E-state index contributed by atoms with van der Waals surface area (Å²) in [6, 6.07) is 8.49. The fourth-order valence-electron chi connectivity index (χ4n) is 2.79. The number of hydrogen-bond donors (Lipinski definition) is 1. The summed E-state index contributed by atoms with van der Waals surface area (Å²) in [6.45, 7) is 2.23. The molecule has 120 valence electrons. The predicted octanol–water partition coefficient (Wildman–Crippen LogP) is 3.29. The van der Waals surface area contributed by atoms with Crippen molar-refractivity contribution in [1.82, 2.24) is 4.90 Å². The third kappa shape index (κ3) is 4.00. The fourth-order valence-corrected chi connectivity index (χ4v) is 2.79. The highest BCUT2D eigenvalue weighted by atomic mass is 16.6. The number of carboxylic acids is 1. The summed E-state index contributed by atoms with van der Waals surface area (Å²) >= 11 is 0. The first-order valence-corrected chi connectivity index (χ1v) is 7.58. The Labute approximate surface area is 130 Å². The average molecular weight is 305 g/mol. The number of carboxylic acid groups (broad SMARTS) is 1. The van der Waals surface area contributed by atoms with Crippen molar-refractivity contribution in [3.8, 4) is 0 Å². The quantitative estimate of drug-likeness (QED) is 0.875. The summed E-state index contributed by atoms with van der Waals surface area (Å²) in [6.07, 6.45) is 3.04. The highest BCUT2D eigenvalue weighted by Gasteiger charge is 2.39. The lowest BCUT2D eigenvalue weighted by Crippen LogP contribution is -2.46. The number of carbonyl (C=O) groups is 2. The monoisotopic (exact) mass is 305 g/mol. The summed E-state index contributed by atoms with van der Waals surface area (Å²) < 4.78 is 5.21. The topological polar surface area (TPSA) is 66.8 Å². The van der Waals surface area contributed by atoms with Crippen LogP contribution in [-0.2, 0) is 16.1 Å². The number of aliphatic carboxylic acids is 1. The molecule has 1 aliphatic rings. The lowest BCUT2D eigenvalue weighted by molar-refractivity contribution is -0.144. The van der Waals surface area contributed by atoms with Gasteiger partial charge >= 0.3 is 12.1 Å². The molecule has 1 aliphatic carbocycles. The first-order chi connectivity index (χ1) is 10.4. The van der Waals surface area contributed by atoms with E-state index >= 15 is 0 Å². The van der Waals surface area contributed by atoms with Gasteiger partial charge in [0.15, 0.2) is 0 Å². The molecule has 5 nitrogen and oxygen atoms in total. The van der Waals surface area contributed by atoms with Crippen molar-refractivity contribution in [1.29, 1.82) is 0 Å². The molecule has 0 bridgehead atoms. The van der Waals surface area contributed by atoms with Gasteiger partial charge in [0, 0.05) is 7.05 Å². The summed E-state index contributed by atoms with van der Waals surface area (Å²) in [5.74, 6) is -0.979. The minimum Gasteiger partial charge on any atom is -0.480 e. The maximum atomic E-state index is 12.1. The van der Waals surface area contributed by atoms with Crippen molar-refractivity contribution in [3.05, 3.63) is 35.9 Å². The molecule has 1 aromatic rings. The Morgan fingerprint density at radius 1 is 1.32 bits per heavy atom. The second-order valence-corrected chi connectivity index (χ2v) is 6.37. The van der Waals surface area contributed by atoms with Gasteiger partial charge in [-0.3, -0.25) is 4.90 Å². The number of amides is 1. The molecule has 1 amide bonds. The normalized spacial score (nSPS) is 17.2. The standard InChI is InChI=1S/C17H23NO4/c1-17(9-6-10-17)11-14(15(19)20)18(2)16(21)22-12-13-7-4-3-5-8-13/h3-5,7-8,14H,6,9-12H2,1-2H3,(H,19,20)/t14-/m0/s1.